The molecule has 0 bridgehead atoms. The first-order chi connectivity index (χ1) is 15.6. The lowest BCUT2D eigenvalue weighted by molar-refractivity contribution is -0.123. The minimum Gasteiger partial charge on any atom is -0.351 e. The molecule has 0 saturated carbocycles. The van der Waals surface area contributed by atoms with Gasteiger partial charge >= 0.3 is 0 Å². The van der Waals surface area contributed by atoms with Crippen LogP contribution < -0.4 is 10.6 Å². The van der Waals surface area contributed by atoms with Crippen molar-refractivity contribution in [3.8, 4) is 0 Å². The minimum absolute atomic E-state index is 0.0334. The lowest BCUT2D eigenvalue weighted by Gasteiger charge is -2.17. The molecule has 2 amide bonds. The number of nitrogens with one attached hydrogen (secondary N) is 2. The van der Waals surface area contributed by atoms with Crippen LogP contribution in [-0.4, -0.2) is 11.8 Å². The Labute approximate surface area is 191 Å². The number of benzene rings is 3. The molecule has 2 N–H and O–H groups in total. The number of amides is 2. The molecule has 0 unspecified atom stereocenters. The third kappa shape index (κ3) is 6.30. The smallest absolute Gasteiger partial charge is 0.227 e. The van der Waals surface area contributed by atoms with Crippen LogP contribution in [0.4, 0.5) is 0 Å². The summed E-state index contributed by atoms with van der Waals surface area (Å²) in [6.45, 7) is 4.98. The number of carbonyl (C=O) groups is 2. The maximum atomic E-state index is 12.7. The van der Waals surface area contributed by atoms with E-state index in [2.05, 4.69) is 10.6 Å². The molecule has 3 rings (SSSR count). The lowest BCUT2D eigenvalue weighted by atomic mass is 9.95. The van der Waals surface area contributed by atoms with E-state index in [0.717, 1.165) is 35.1 Å². The van der Waals surface area contributed by atoms with Crippen LogP contribution in [0.5, 0.6) is 0 Å². The molecular weight excluding hydrogens is 396 g/mol. The van der Waals surface area contributed by atoms with E-state index in [1.54, 1.807) is 0 Å². The van der Waals surface area contributed by atoms with Crippen LogP contribution in [0.25, 0.3) is 0 Å². The molecule has 3 aromatic rings. The summed E-state index contributed by atoms with van der Waals surface area (Å²) in [6, 6.07) is 27.7. The van der Waals surface area contributed by atoms with Gasteiger partial charge in [0.05, 0.1) is 11.8 Å². The van der Waals surface area contributed by atoms with Crippen molar-refractivity contribution in [3.63, 3.8) is 0 Å². The highest BCUT2D eigenvalue weighted by Crippen LogP contribution is 2.20. The highest BCUT2D eigenvalue weighted by molar-refractivity contribution is 5.84. The standard InChI is InChI=1S/C28H32N2O2/c1-3-25(23-14-7-5-8-15-23)27(31)29-19-21-12-11-13-22(18-21)20-30-28(32)26(4-2)24-16-9-6-10-17-24/h5-18,25-26H,3-4,19-20H2,1-2H3,(H,29,31)(H,30,32)/t25-,26-/m0/s1. The first kappa shape index (κ1) is 23.3. The van der Waals surface area contributed by atoms with Gasteiger partial charge in [-0.2, -0.15) is 0 Å². The SMILES string of the molecule is CC[C@H](C(=O)NCc1cccc(CNC(=O)[C@@H](CC)c2ccccc2)c1)c1ccccc1. The van der Waals surface area contributed by atoms with Crippen molar-refractivity contribution in [3.05, 3.63) is 107 Å². The van der Waals surface area contributed by atoms with Crippen LogP contribution in [0.15, 0.2) is 84.9 Å². The van der Waals surface area contributed by atoms with Crippen LogP contribution in [0, 0.1) is 0 Å². The van der Waals surface area contributed by atoms with Gasteiger partial charge in [-0.1, -0.05) is 98.8 Å². The summed E-state index contributed by atoms with van der Waals surface area (Å²) in [7, 11) is 0. The number of hydrogen-bond acceptors (Lipinski definition) is 2. The summed E-state index contributed by atoms with van der Waals surface area (Å²) >= 11 is 0. The van der Waals surface area contributed by atoms with Crippen LogP contribution in [-0.2, 0) is 22.7 Å². The first-order valence-electron chi connectivity index (χ1n) is 11.4. The van der Waals surface area contributed by atoms with E-state index in [0.29, 0.717) is 13.1 Å². The quantitative estimate of drug-likeness (QED) is 0.460. The topological polar surface area (TPSA) is 58.2 Å². The molecule has 0 spiro atoms. The number of hydrogen-bond donors (Lipinski definition) is 2. The van der Waals surface area contributed by atoms with E-state index >= 15 is 0 Å². The highest BCUT2D eigenvalue weighted by atomic mass is 16.2. The van der Waals surface area contributed by atoms with Gasteiger partial charge in [-0.05, 0) is 35.1 Å². The molecule has 0 radical (unpaired) electrons. The minimum atomic E-state index is -0.150. The zero-order chi connectivity index (χ0) is 22.8. The fourth-order valence-corrected chi connectivity index (χ4v) is 3.99. The Hall–Kier alpha value is -3.40. The van der Waals surface area contributed by atoms with Crippen molar-refractivity contribution in [1.29, 1.82) is 0 Å². The maximum absolute atomic E-state index is 12.7. The molecule has 4 heteroatoms. The van der Waals surface area contributed by atoms with Crippen molar-refractivity contribution < 1.29 is 9.59 Å². The molecular formula is C28H32N2O2. The van der Waals surface area contributed by atoms with Crippen molar-refractivity contribution in [2.24, 2.45) is 0 Å². The number of carbonyl (C=O) groups excluding carboxylic acids is 2. The Bertz CT molecular complexity index is 923. The molecule has 0 aromatic heterocycles. The summed E-state index contributed by atoms with van der Waals surface area (Å²) in [6.07, 6.45) is 1.50. The van der Waals surface area contributed by atoms with Crippen LogP contribution in [0.2, 0.25) is 0 Å². The van der Waals surface area contributed by atoms with Gasteiger partial charge in [0.2, 0.25) is 11.8 Å². The molecule has 0 saturated heterocycles. The lowest BCUT2D eigenvalue weighted by Crippen LogP contribution is -2.29. The van der Waals surface area contributed by atoms with Gasteiger partial charge < -0.3 is 10.6 Å². The van der Waals surface area contributed by atoms with Gasteiger partial charge in [0.1, 0.15) is 0 Å². The van der Waals surface area contributed by atoms with E-state index < -0.39 is 0 Å². The normalized spacial score (nSPS) is 12.6. The van der Waals surface area contributed by atoms with Crippen molar-refractivity contribution in [2.45, 2.75) is 51.6 Å². The van der Waals surface area contributed by atoms with E-state index in [-0.39, 0.29) is 23.7 Å². The zero-order valence-corrected chi connectivity index (χ0v) is 18.9. The van der Waals surface area contributed by atoms with Gasteiger partial charge in [-0.25, -0.2) is 0 Å². The van der Waals surface area contributed by atoms with Crippen molar-refractivity contribution in [2.75, 3.05) is 0 Å². The molecule has 2 atom stereocenters. The Morgan fingerprint density at radius 1 is 0.625 bits per heavy atom. The predicted octanol–water partition coefficient (Wildman–Crippen LogP) is 5.31. The van der Waals surface area contributed by atoms with E-state index in [1.807, 2.05) is 98.8 Å². The highest BCUT2D eigenvalue weighted by Gasteiger charge is 2.19. The fourth-order valence-electron chi connectivity index (χ4n) is 3.99. The Morgan fingerprint density at radius 3 is 1.41 bits per heavy atom. The van der Waals surface area contributed by atoms with Gasteiger partial charge in [-0.15, -0.1) is 0 Å². The van der Waals surface area contributed by atoms with Crippen molar-refractivity contribution >= 4 is 11.8 Å². The molecule has 4 nitrogen and oxygen atoms in total. The monoisotopic (exact) mass is 428 g/mol. The Kier molecular flexibility index (Phi) is 8.61. The molecule has 166 valence electrons. The summed E-state index contributed by atoms with van der Waals surface area (Å²) < 4.78 is 0. The molecule has 0 aliphatic carbocycles. The Morgan fingerprint density at radius 2 is 1.03 bits per heavy atom. The maximum Gasteiger partial charge on any atom is 0.227 e. The average Bonchev–Trinajstić information content (AvgIpc) is 2.84. The van der Waals surface area contributed by atoms with Crippen LogP contribution >= 0.6 is 0 Å². The summed E-state index contributed by atoms with van der Waals surface area (Å²) in [4.78, 5) is 25.4. The van der Waals surface area contributed by atoms with E-state index in [1.165, 1.54) is 0 Å². The van der Waals surface area contributed by atoms with E-state index in [9.17, 15) is 9.59 Å². The van der Waals surface area contributed by atoms with E-state index in [4.69, 9.17) is 0 Å². The van der Waals surface area contributed by atoms with Gasteiger partial charge in [0.15, 0.2) is 0 Å². The summed E-state index contributed by atoms with van der Waals surface area (Å²) in [5.74, 6) is -0.234. The molecule has 0 aliphatic rings. The Balaban J connectivity index is 1.56. The third-order valence-electron chi connectivity index (χ3n) is 5.78. The fraction of sp³-hybridized carbons (Fsp3) is 0.286. The molecule has 3 aromatic carbocycles. The van der Waals surface area contributed by atoms with Gasteiger partial charge in [-0.3, -0.25) is 9.59 Å². The number of rotatable bonds is 10. The van der Waals surface area contributed by atoms with Crippen LogP contribution in [0.1, 0.15) is 60.8 Å². The van der Waals surface area contributed by atoms with Crippen molar-refractivity contribution in [1.82, 2.24) is 10.6 Å². The summed E-state index contributed by atoms with van der Waals surface area (Å²) in [5, 5.41) is 6.13. The molecule has 0 heterocycles. The van der Waals surface area contributed by atoms with Gasteiger partial charge in [0.25, 0.3) is 0 Å². The summed E-state index contributed by atoms with van der Waals surface area (Å²) in [5.41, 5.74) is 4.10. The predicted molar refractivity (Wildman–Crippen MR) is 129 cm³/mol. The second-order valence-electron chi connectivity index (χ2n) is 8.00. The molecule has 32 heavy (non-hydrogen) atoms. The first-order valence-corrected chi connectivity index (χ1v) is 11.4. The zero-order valence-electron chi connectivity index (χ0n) is 18.9. The molecule has 0 aliphatic heterocycles. The molecule has 0 fully saturated rings. The second-order valence-corrected chi connectivity index (χ2v) is 8.00. The van der Waals surface area contributed by atoms with Crippen LogP contribution in [0.3, 0.4) is 0 Å². The second kappa shape index (κ2) is 11.8. The van der Waals surface area contributed by atoms with Gasteiger partial charge in [0, 0.05) is 13.1 Å². The third-order valence-corrected chi connectivity index (χ3v) is 5.78. The average molecular weight is 429 g/mol. The largest absolute Gasteiger partial charge is 0.351 e.